The number of benzene rings is 1. The Morgan fingerprint density at radius 3 is 2.85 bits per heavy atom. The number of hydrogen-bond acceptors (Lipinski definition) is 4. The van der Waals surface area contributed by atoms with Crippen LogP contribution in [0.25, 0.3) is 6.08 Å². The molecule has 1 amide bonds. The normalized spacial score (nSPS) is 12.3. The van der Waals surface area contributed by atoms with E-state index in [2.05, 4.69) is 15.4 Å². The highest BCUT2D eigenvalue weighted by Crippen LogP contribution is 2.24. The first-order valence-corrected chi connectivity index (χ1v) is 8.15. The summed E-state index contributed by atoms with van der Waals surface area (Å²) in [7, 11) is 5.34. The van der Waals surface area contributed by atoms with Crippen LogP contribution in [0.15, 0.2) is 55.1 Å². The highest BCUT2D eigenvalue weighted by Gasteiger charge is 2.20. The molecule has 0 aliphatic heterocycles. The van der Waals surface area contributed by atoms with Crippen LogP contribution in [-0.4, -0.2) is 32.3 Å². The van der Waals surface area contributed by atoms with E-state index in [1.54, 1.807) is 30.3 Å². The molecule has 1 aromatic carbocycles. The molecule has 7 heteroatoms. The number of aryl methyl sites for hydroxylation is 2. The number of imidazole rings is 1. The molecule has 0 aliphatic rings. The lowest BCUT2D eigenvalue weighted by Crippen LogP contribution is -2.29. The molecule has 1 N–H and O–H groups in total. The lowest BCUT2D eigenvalue weighted by atomic mass is 10.1. The van der Waals surface area contributed by atoms with E-state index in [4.69, 9.17) is 4.74 Å². The van der Waals surface area contributed by atoms with Crippen LogP contribution >= 0.6 is 0 Å². The fraction of sp³-hybridized carbons (Fsp3) is 0.211. The predicted octanol–water partition coefficient (Wildman–Crippen LogP) is 2.08. The van der Waals surface area contributed by atoms with E-state index < -0.39 is 6.04 Å². The fourth-order valence-corrected chi connectivity index (χ4v) is 2.66. The Hall–Kier alpha value is -3.35. The molecule has 0 aliphatic carbocycles. The number of nitrogens with one attached hydrogen (secondary N) is 1. The van der Waals surface area contributed by atoms with Crippen LogP contribution in [0.3, 0.4) is 0 Å². The van der Waals surface area contributed by atoms with Gasteiger partial charge in [0.25, 0.3) is 0 Å². The van der Waals surface area contributed by atoms with Crippen molar-refractivity contribution in [2.75, 3.05) is 7.11 Å². The van der Waals surface area contributed by atoms with E-state index in [1.807, 2.05) is 55.3 Å². The van der Waals surface area contributed by atoms with Crippen molar-refractivity contribution in [2.24, 2.45) is 14.1 Å². The maximum absolute atomic E-state index is 12.5. The number of ether oxygens (including phenoxy) is 1. The number of carbonyl (C=O) groups excluding carboxylic acids is 1. The minimum Gasteiger partial charge on any atom is -0.497 e. The second-order valence-electron chi connectivity index (χ2n) is 5.90. The van der Waals surface area contributed by atoms with Crippen LogP contribution in [0.2, 0.25) is 0 Å². The smallest absolute Gasteiger partial charge is 0.244 e. The molecule has 0 saturated heterocycles. The van der Waals surface area contributed by atoms with Gasteiger partial charge < -0.3 is 14.6 Å². The summed E-state index contributed by atoms with van der Waals surface area (Å²) in [6.07, 6.45) is 10.3. The molecule has 0 bridgehead atoms. The van der Waals surface area contributed by atoms with E-state index in [9.17, 15) is 4.79 Å². The fourth-order valence-electron chi connectivity index (χ4n) is 2.66. The number of amides is 1. The predicted molar refractivity (Wildman–Crippen MR) is 98.4 cm³/mol. The number of methoxy groups -OCH3 is 1. The average Bonchev–Trinajstić information content (AvgIpc) is 3.26. The monoisotopic (exact) mass is 351 g/mol. The summed E-state index contributed by atoms with van der Waals surface area (Å²) in [5, 5.41) is 7.09. The van der Waals surface area contributed by atoms with Crippen LogP contribution in [0.1, 0.15) is 23.0 Å². The third kappa shape index (κ3) is 4.00. The molecule has 0 fully saturated rings. The Kier molecular flexibility index (Phi) is 5.17. The van der Waals surface area contributed by atoms with Crippen molar-refractivity contribution < 1.29 is 9.53 Å². The number of aromatic nitrogens is 4. The van der Waals surface area contributed by atoms with Crippen molar-refractivity contribution >= 4 is 12.0 Å². The van der Waals surface area contributed by atoms with Crippen molar-refractivity contribution in [1.29, 1.82) is 0 Å². The molecule has 0 saturated carbocycles. The summed E-state index contributed by atoms with van der Waals surface area (Å²) in [4.78, 5) is 16.9. The summed E-state index contributed by atoms with van der Waals surface area (Å²) >= 11 is 0. The van der Waals surface area contributed by atoms with Crippen LogP contribution < -0.4 is 10.1 Å². The van der Waals surface area contributed by atoms with E-state index in [-0.39, 0.29) is 5.91 Å². The van der Waals surface area contributed by atoms with Gasteiger partial charge in [0.05, 0.1) is 13.3 Å². The van der Waals surface area contributed by atoms with E-state index in [1.165, 1.54) is 6.08 Å². The molecule has 0 spiro atoms. The van der Waals surface area contributed by atoms with Gasteiger partial charge in [-0.3, -0.25) is 9.48 Å². The van der Waals surface area contributed by atoms with Crippen molar-refractivity contribution in [3.8, 4) is 5.75 Å². The van der Waals surface area contributed by atoms with Gasteiger partial charge in [-0.2, -0.15) is 5.10 Å². The van der Waals surface area contributed by atoms with Gasteiger partial charge in [0, 0.05) is 44.3 Å². The van der Waals surface area contributed by atoms with Crippen LogP contribution in [-0.2, 0) is 18.9 Å². The summed E-state index contributed by atoms with van der Waals surface area (Å²) in [6, 6.07) is 7.19. The minimum atomic E-state index is -0.392. The third-order valence-electron chi connectivity index (χ3n) is 3.98. The maximum Gasteiger partial charge on any atom is 0.244 e. The molecule has 2 aromatic heterocycles. The zero-order chi connectivity index (χ0) is 18.5. The molecule has 3 rings (SSSR count). The molecule has 1 atom stereocenters. The highest BCUT2D eigenvalue weighted by atomic mass is 16.5. The zero-order valence-electron chi connectivity index (χ0n) is 15.0. The molecule has 0 radical (unpaired) electrons. The highest BCUT2D eigenvalue weighted by molar-refractivity contribution is 5.92. The SMILES string of the molecule is COc1cccc([C@@H](NC(=O)/C=C/c2cnn(C)c2)c2nccn2C)c1. The Bertz CT molecular complexity index is 925. The molecular formula is C19H21N5O2. The molecule has 26 heavy (non-hydrogen) atoms. The minimum absolute atomic E-state index is 0.218. The van der Waals surface area contributed by atoms with Gasteiger partial charge in [-0.25, -0.2) is 4.98 Å². The van der Waals surface area contributed by atoms with Crippen LogP contribution in [0.5, 0.6) is 5.75 Å². The van der Waals surface area contributed by atoms with Crippen molar-refractivity contribution in [3.05, 3.63) is 72.1 Å². The van der Waals surface area contributed by atoms with Crippen molar-refractivity contribution in [1.82, 2.24) is 24.6 Å². The van der Waals surface area contributed by atoms with Gasteiger partial charge in [0.2, 0.25) is 5.91 Å². The molecule has 2 heterocycles. The number of carbonyl (C=O) groups is 1. The van der Waals surface area contributed by atoms with Crippen molar-refractivity contribution in [3.63, 3.8) is 0 Å². The Morgan fingerprint density at radius 2 is 2.19 bits per heavy atom. The number of hydrogen-bond donors (Lipinski definition) is 1. The molecule has 0 unspecified atom stereocenters. The standard InChI is InChI=1S/C19H21N5O2/c1-23-10-9-20-19(23)18(15-5-4-6-16(11-15)26-3)22-17(25)8-7-14-12-21-24(2)13-14/h4-13,18H,1-3H3,(H,22,25)/b8-7+/t18-/m1/s1. The second kappa shape index (κ2) is 7.69. The first kappa shape index (κ1) is 17.5. The molecule has 7 nitrogen and oxygen atoms in total. The zero-order valence-corrected chi connectivity index (χ0v) is 15.0. The summed E-state index contributed by atoms with van der Waals surface area (Å²) in [5.74, 6) is 1.24. The lowest BCUT2D eigenvalue weighted by molar-refractivity contribution is -0.117. The number of nitrogens with zero attached hydrogens (tertiary/aromatic N) is 4. The van der Waals surface area contributed by atoms with Gasteiger partial charge in [-0.05, 0) is 23.8 Å². The van der Waals surface area contributed by atoms with Gasteiger partial charge >= 0.3 is 0 Å². The quantitative estimate of drug-likeness (QED) is 0.690. The van der Waals surface area contributed by atoms with Gasteiger partial charge in [0.15, 0.2) is 0 Å². The largest absolute Gasteiger partial charge is 0.497 e. The Morgan fingerprint density at radius 1 is 1.35 bits per heavy atom. The van der Waals surface area contributed by atoms with Gasteiger partial charge in [-0.15, -0.1) is 0 Å². The first-order valence-electron chi connectivity index (χ1n) is 8.15. The Balaban J connectivity index is 1.85. The topological polar surface area (TPSA) is 74.0 Å². The number of rotatable bonds is 6. The van der Waals surface area contributed by atoms with Crippen molar-refractivity contribution in [2.45, 2.75) is 6.04 Å². The summed E-state index contributed by atoms with van der Waals surface area (Å²) in [5.41, 5.74) is 1.75. The molecule has 3 aromatic rings. The van der Waals surface area contributed by atoms with Crippen LogP contribution in [0.4, 0.5) is 0 Å². The lowest BCUT2D eigenvalue weighted by Gasteiger charge is -2.19. The Labute approximate surface area is 151 Å². The van der Waals surface area contributed by atoms with Gasteiger partial charge in [-0.1, -0.05) is 12.1 Å². The average molecular weight is 351 g/mol. The van der Waals surface area contributed by atoms with Crippen LogP contribution in [0, 0.1) is 0 Å². The first-order chi connectivity index (χ1) is 12.6. The summed E-state index contributed by atoms with van der Waals surface area (Å²) in [6.45, 7) is 0. The van der Waals surface area contributed by atoms with E-state index >= 15 is 0 Å². The van der Waals surface area contributed by atoms with Gasteiger partial charge in [0.1, 0.15) is 17.6 Å². The second-order valence-corrected chi connectivity index (χ2v) is 5.90. The van der Waals surface area contributed by atoms with E-state index in [0.717, 1.165) is 22.7 Å². The molecule has 134 valence electrons. The maximum atomic E-state index is 12.5. The summed E-state index contributed by atoms with van der Waals surface area (Å²) < 4.78 is 8.87. The third-order valence-corrected chi connectivity index (χ3v) is 3.98. The molecular weight excluding hydrogens is 330 g/mol. The van der Waals surface area contributed by atoms with E-state index in [0.29, 0.717) is 0 Å².